The van der Waals surface area contributed by atoms with E-state index in [0.717, 1.165) is 50.5 Å². The Morgan fingerprint density at radius 2 is 1.86 bits per heavy atom. The van der Waals surface area contributed by atoms with Crippen molar-refractivity contribution in [1.82, 2.24) is 10.6 Å². The Morgan fingerprint density at radius 1 is 1.09 bits per heavy atom. The van der Waals surface area contributed by atoms with Gasteiger partial charge in [-0.3, -0.25) is 15.2 Å². The van der Waals surface area contributed by atoms with Gasteiger partial charge in [-0.1, -0.05) is 51.8 Å². The molecule has 4 heterocycles. The van der Waals surface area contributed by atoms with E-state index in [4.69, 9.17) is 29.4 Å². The van der Waals surface area contributed by atoms with E-state index in [-0.39, 0.29) is 61.1 Å². The van der Waals surface area contributed by atoms with Crippen LogP contribution in [-0.2, 0) is 33.3 Å². The molecule has 20 nitrogen and oxygen atoms in total. The van der Waals surface area contributed by atoms with Gasteiger partial charge in [-0.05, 0) is 58.4 Å². The highest BCUT2D eigenvalue weighted by Gasteiger charge is 2.58. The van der Waals surface area contributed by atoms with Crippen LogP contribution in [0.15, 0.2) is 63.7 Å². The maximum Gasteiger partial charge on any atom is 0.343 e. The number of allylic oxidation sites excluding steroid dienone is 2. The Bertz CT molecular complexity index is 1820. The largest absolute Gasteiger partial charge is 0.477 e. The lowest BCUT2D eigenvalue weighted by Gasteiger charge is -2.48. The van der Waals surface area contributed by atoms with Crippen molar-refractivity contribution in [2.24, 2.45) is 28.5 Å². The van der Waals surface area contributed by atoms with Gasteiger partial charge >= 0.3 is 11.9 Å². The third kappa shape index (κ3) is 12.7. The minimum absolute atomic E-state index is 0.0635. The number of rotatable bonds is 14. The van der Waals surface area contributed by atoms with E-state index in [9.17, 15) is 50.4 Å². The molecule has 6 aliphatic rings. The van der Waals surface area contributed by atoms with Gasteiger partial charge < -0.3 is 75.6 Å². The Kier molecular flexibility index (Phi) is 19.2. The van der Waals surface area contributed by atoms with Gasteiger partial charge in [0.05, 0.1) is 49.0 Å². The topological polar surface area (TPSA) is 309 Å². The number of nitrogens with two attached hydrogens (primary N) is 1. The number of quaternary nitrogens is 1. The summed E-state index contributed by atoms with van der Waals surface area (Å²) in [4.78, 5) is 32.5. The summed E-state index contributed by atoms with van der Waals surface area (Å²) >= 11 is 0. The van der Waals surface area contributed by atoms with Gasteiger partial charge in [0.25, 0.3) is 0 Å². The van der Waals surface area contributed by atoms with Crippen LogP contribution in [0.25, 0.3) is 0 Å². The lowest BCUT2D eigenvalue weighted by Crippen LogP contribution is -3.13. The van der Waals surface area contributed by atoms with Crippen LogP contribution in [0.5, 0.6) is 0 Å². The number of likely N-dealkylation sites (N-methyl/N-ethyl adjacent to an activating group) is 1. The monoisotopic (exact) mass is 956 g/mol. The molecule has 0 aromatic heterocycles. The minimum atomic E-state index is -3.07. The number of carbonyl (C=O) groups excluding carboxylic acids is 1. The van der Waals surface area contributed by atoms with Gasteiger partial charge in [-0.2, -0.15) is 0 Å². The lowest BCUT2D eigenvalue weighted by atomic mass is 9.80. The predicted octanol–water partition coefficient (Wildman–Crippen LogP) is -1.52. The number of aliphatic hydroxyl groups is 7. The molecule has 1 unspecified atom stereocenters. The molecule has 2 saturated carbocycles. The van der Waals surface area contributed by atoms with Crippen molar-refractivity contribution in [2.45, 2.75) is 113 Å². The number of nitrogens with zero attached hydrogens (tertiary/aromatic N) is 1. The van der Waals surface area contributed by atoms with Gasteiger partial charge in [0.1, 0.15) is 48.9 Å². The van der Waals surface area contributed by atoms with E-state index in [0.29, 0.717) is 34.8 Å². The second-order valence-electron chi connectivity index (χ2n) is 17.1. The molecule has 1 saturated heterocycles. The number of esters is 1. The molecule has 6 rings (SSSR count). The molecule has 364 valence electrons. The molecule has 2 bridgehead atoms. The van der Waals surface area contributed by atoms with Gasteiger partial charge in [0.2, 0.25) is 12.1 Å². The quantitative estimate of drug-likeness (QED) is 0.0179. The average molecular weight is 957 g/mol. The van der Waals surface area contributed by atoms with Crippen molar-refractivity contribution < 1.29 is 79.0 Å². The number of fused-ring (bicyclic) bond motifs is 4. The zero-order valence-corrected chi connectivity index (χ0v) is 38.2. The lowest BCUT2D eigenvalue weighted by molar-refractivity contribution is -0.867. The Morgan fingerprint density at radius 3 is 2.55 bits per heavy atom. The minimum Gasteiger partial charge on any atom is -0.477 e. The van der Waals surface area contributed by atoms with Gasteiger partial charge in [0, 0.05) is 36.3 Å². The molecule has 65 heavy (non-hydrogen) atoms. The summed E-state index contributed by atoms with van der Waals surface area (Å²) < 4.78 is 30.8. The highest BCUT2D eigenvalue weighted by Crippen LogP contribution is 2.42. The maximum absolute atomic E-state index is 14.6. The van der Waals surface area contributed by atoms with E-state index in [2.05, 4.69) is 15.6 Å². The highest BCUT2D eigenvalue weighted by atomic mass is 33.1. The van der Waals surface area contributed by atoms with Crippen LogP contribution in [0.1, 0.15) is 57.8 Å². The van der Waals surface area contributed by atoms with E-state index in [1.54, 1.807) is 39.9 Å². The van der Waals surface area contributed by atoms with Crippen LogP contribution < -0.4 is 21.3 Å². The van der Waals surface area contributed by atoms with Crippen molar-refractivity contribution in [3.8, 4) is 0 Å². The Hall–Kier alpha value is -3.07. The first-order chi connectivity index (χ1) is 31.3. The molecule has 22 heteroatoms. The van der Waals surface area contributed by atoms with Crippen molar-refractivity contribution in [3.63, 3.8) is 0 Å². The number of ether oxygens (including phenoxy) is 5. The number of aliphatic hydroxyl groups excluding tert-OH is 5. The number of guanidine groups is 1. The third-order valence-electron chi connectivity index (χ3n) is 12.7. The zero-order chi connectivity index (χ0) is 46.7. The molecule has 3 fully saturated rings. The number of carbonyl (C=O) groups is 2. The second-order valence-corrected chi connectivity index (χ2v) is 19.7. The highest BCUT2D eigenvalue weighted by molar-refractivity contribution is 8.76. The number of carboxylic acid groups (broad SMARTS) is 1. The number of carboxylic acids is 1. The molecule has 0 radical (unpaired) electrons. The van der Waals surface area contributed by atoms with Crippen molar-refractivity contribution in [1.29, 1.82) is 0 Å². The predicted molar refractivity (Wildman–Crippen MR) is 238 cm³/mol. The van der Waals surface area contributed by atoms with Crippen molar-refractivity contribution in [3.05, 3.63) is 58.7 Å². The average Bonchev–Trinajstić information content (AvgIpc) is 3.74. The third-order valence-corrected chi connectivity index (χ3v) is 15.3. The summed E-state index contributed by atoms with van der Waals surface area (Å²) in [6.45, 7) is -1.45. The normalized spacial score (nSPS) is 34.5. The number of hydrogen-bond acceptors (Lipinski definition) is 18. The number of nitrogens with one attached hydrogen (secondary N) is 3. The summed E-state index contributed by atoms with van der Waals surface area (Å²) in [6, 6.07) is -0.405. The van der Waals surface area contributed by atoms with Gasteiger partial charge in [-0.15, -0.1) is 0 Å². The number of aliphatic imine (C=N–C) groups is 1. The molecule has 4 aliphatic heterocycles. The number of aliphatic carboxylic acids is 1. The summed E-state index contributed by atoms with van der Waals surface area (Å²) in [5.41, 5.74) is 7.95. The van der Waals surface area contributed by atoms with Crippen molar-refractivity contribution >= 4 is 39.5 Å². The smallest absolute Gasteiger partial charge is 0.343 e. The summed E-state index contributed by atoms with van der Waals surface area (Å²) in [5.74, 6) is -5.56. The number of hydrogen-bond donors (Lipinski definition) is 12. The fourth-order valence-electron chi connectivity index (χ4n) is 9.00. The summed E-state index contributed by atoms with van der Waals surface area (Å²) in [5, 5.41) is 89.9. The van der Waals surface area contributed by atoms with Crippen molar-refractivity contribution in [2.75, 3.05) is 58.1 Å². The SMILES string of the molecule is CN[C@@H](CO)O[C@H]1[C@H](O[C@@H]2OC=C3C(=O)O[C@H]4CCC[C@H]4CSSC[C@@H](CO)[NH+]4C=C(C(=O)O)C(NC(N)=NCCCO)=C(/C=C/[C@H]3[C@H]2C=C2CCCCC2)C4)O[C@H](CO)[C@@H](O)C1(O)O. The van der Waals surface area contributed by atoms with E-state index in [1.165, 1.54) is 13.3 Å². The molecule has 0 amide bonds. The van der Waals surface area contributed by atoms with Crippen LogP contribution in [0.4, 0.5) is 0 Å². The molecule has 0 aromatic rings. The van der Waals surface area contributed by atoms with Crippen LogP contribution in [0.3, 0.4) is 0 Å². The van der Waals surface area contributed by atoms with Crippen LogP contribution in [0.2, 0.25) is 0 Å². The Labute approximate surface area is 386 Å². The Balaban J connectivity index is 1.50. The van der Waals surface area contributed by atoms with E-state index >= 15 is 0 Å². The molecule has 0 spiro atoms. The van der Waals surface area contributed by atoms with E-state index < -0.39 is 85.9 Å². The fourth-order valence-corrected chi connectivity index (χ4v) is 11.8. The first kappa shape index (κ1) is 51.3. The first-order valence-corrected chi connectivity index (χ1v) is 24.8. The zero-order valence-electron chi connectivity index (χ0n) is 36.5. The molecule has 13 N–H and O–H groups in total. The van der Waals surface area contributed by atoms with Crippen LogP contribution in [0, 0.1) is 17.8 Å². The molecule has 2 aliphatic carbocycles. The van der Waals surface area contributed by atoms with Gasteiger partial charge in [-0.25, -0.2) is 9.59 Å². The molecule has 0 aromatic carbocycles. The van der Waals surface area contributed by atoms with E-state index in [1.807, 2.05) is 6.08 Å². The summed E-state index contributed by atoms with van der Waals surface area (Å²) in [6.07, 6.45) is 5.12. The maximum atomic E-state index is 14.6. The molecule has 12 atom stereocenters. The standard InChI is InChI=1S/C43H65N5O15S2/c1-45-34(20-52)62-37-41(61-33(19-51)36(53)43(37,57)58)63-40-29(15-24-7-3-2-4-8-24)28-12-11-25-16-48(17-30(38(54)55)35(25)47-42(44)46-13-6-14-49)27(18-50)23-65-64-22-26-9-5-10-32(26)60-39(56)31(28)21-59-40/h11-12,15,17,21,26-29,32-34,36-37,40-41,45,49-53,57-58H,2-10,13-14,16,18-20,22-23H2,1H3,(H,54,55)(H3,44,46,47)/p+1/b12-11+/t26-,27+,28-,29+,32-,33+,34+,36+,37-,40-,41-/m0/s1. The molecular formula is C43H66N5O15S2+. The molecular weight excluding hydrogens is 891 g/mol. The van der Waals surface area contributed by atoms with Crippen LogP contribution >= 0.6 is 21.6 Å². The van der Waals surface area contributed by atoms with Gasteiger partial charge in [0.15, 0.2) is 18.4 Å². The second kappa shape index (κ2) is 24.3. The first-order valence-electron chi connectivity index (χ1n) is 22.3. The van der Waals surface area contributed by atoms with Crippen LogP contribution in [-0.4, -0.2) is 172 Å². The summed E-state index contributed by atoms with van der Waals surface area (Å²) in [7, 11) is 4.64. The fraction of sp³-hybridized carbons (Fsp3) is 0.698.